The van der Waals surface area contributed by atoms with Crippen molar-refractivity contribution in [2.75, 3.05) is 7.11 Å². The Kier molecular flexibility index (Phi) is 9.16. The third kappa shape index (κ3) is 6.47. The van der Waals surface area contributed by atoms with Crippen LogP contribution in [0.15, 0.2) is 24.3 Å². The van der Waals surface area contributed by atoms with Crippen molar-refractivity contribution < 1.29 is 14.3 Å². The van der Waals surface area contributed by atoms with E-state index in [0.29, 0.717) is 0 Å². The van der Waals surface area contributed by atoms with Crippen LogP contribution in [-0.4, -0.2) is 38.8 Å². The smallest absolute Gasteiger partial charge is 0.192 e. The lowest BCUT2D eigenvalue weighted by Gasteiger charge is -2.42. The Morgan fingerprint density at radius 2 is 1.67 bits per heavy atom. The number of hydrogen-bond acceptors (Lipinski definition) is 3. The molecule has 0 fully saturated rings. The van der Waals surface area contributed by atoms with Crippen LogP contribution in [0.25, 0.3) is 0 Å². The fraction of sp³-hybridized carbons (Fsp3) is 0.800. The molecular weight excluding hydrogens is 316 g/mol. The van der Waals surface area contributed by atoms with E-state index in [-0.39, 0.29) is 29.1 Å². The molecule has 0 aromatic carbocycles. The van der Waals surface area contributed by atoms with Gasteiger partial charge in [-0.05, 0) is 36.5 Å². The van der Waals surface area contributed by atoms with E-state index in [0.717, 1.165) is 5.57 Å². The molecule has 0 saturated carbocycles. The van der Waals surface area contributed by atoms with Crippen LogP contribution in [0, 0.1) is 11.8 Å². The van der Waals surface area contributed by atoms with Gasteiger partial charge in [0.05, 0.1) is 12.2 Å². The molecule has 24 heavy (non-hydrogen) atoms. The van der Waals surface area contributed by atoms with E-state index in [1.54, 1.807) is 7.11 Å². The van der Waals surface area contributed by atoms with Crippen molar-refractivity contribution in [2.24, 2.45) is 11.8 Å². The molecule has 0 aliphatic heterocycles. The van der Waals surface area contributed by atoms with Crippen LogP contribution in [0.2, 0.25) is 18.1 Å². The topological polar surface area (TPSA) is 38.7 Å². The second-order valence-electron chi connectivity index (χ2n) is 8.74. The molecule has 0 saturated heterocycles. The van der Waals surface area contributed by atoms with Crippen LogP contribution in [0.3, 0.4) is 0 Å². The Labute approximate surface area is 151 Å². The van der Waals surface area contributed by atoms with Gasteiger partial charge in [0.2, 0.25) is 0 Å². The maximum atomic E-state index is 10.3. The van der Waals surface area contributed by atoms with Crippen LogP contribution < -0.4 is 0 Å². The molecule has 0 amide bonds. The molecule has 0 rings (SSSR count). The number of rotatable bonds is 9. The highest BCUT2D eigenvalue weighted by molar-refractivity contribution is 6.74. The van der Waals surface area contributed by atoms with Crippen LogP contribution >= 0.6 is 0 Å². The maximum Gasteiger partial charge on any atom is 0.192 e. The molecule has 0 spiro atoms. The van der Waals surface area contributed by atoms with Gasteiger partial charge in [0.25, 0.3) is 0 Å². The molecule has 0 radical (unpaired) electrons. The Morgan fingerprint density at radius 3 is 2.00 bits per heavy atom. The minimum atomic E-state index is -1.95. The standard InChI is InChI=1S/C20H40O3Si/c1-12-17(22-9)19(23-24(10,11)20(6,7)8)16(5)13-15(4)18(21)14(2)3/h12-14,16-19,21H,1H2,2-11H3/t16-,17+,18-,19+/m1/s1. The Bertz CT molecular complexity index is 421. The zero-order chi connectivity index (χ0) is 19.3. The maximum absolute atomic E-state index is 10.3. The average molecular weight is 357 g/mol. The van der Waals surface area contributed by atoms with Gasteiger partial charge in [-0.3, -0.25) is 0 Å². The normalized spacial score (nSPS) is 19.1. The zero-order valence-electron chi connectivity index (χ0n) is 17.5. The second-order valence-corrected chi connectivity index (χ2v) is 13.5. The van der Waals surface area contributed by atoms with E-state index < -0.39 is 14.4 Å². The van der Waals surface area contributed by atoms with Gasteiger partial charge in [0.15, 0.2) is 8.32 Å². The van der Waals surface area contributed by atoms with Crippen molar-refractivity contribution in [3.63, 3.8) is 0 Å². The molecule has 0 aromatic rings. The number of ether oxygens (including phenoxy) is 1. The zero-order valence-corrected chi connectivity index (χ0v) is 18.5. The predicted octanol–water partition coefficient (Wildman–Crippen LogP) is 5.18. The van der Waals surface area contributed by atoms with Crippen molar-refractivity contribution in [1.29, 1.82) is 0 Å². The number of aliphatic hydroxyl groups is 1. The third-order valence-corrected chi connectivity index (χ3v) is 9.68. The van der Waals surface area contributed by atoms with E-state index in [1.807, 2.05) is 26.8 Å². The first-order valence-corrected chi connectivity index (χ1v) is 11.9. The van der Waals surface area contributed by atoms with Gasteiger partial charge in [-0.2, -0.15) is 0 Å². The summed E-state index contributed by atoms with van der Waals surface area (Å²) in [5.74, 6) is 0.321. The number of methoxy groups -OCH3 is 1. The Morgan fingerprint density at radius 1 is 1.17 bits per heavy atom. The van der Waals surface area contributed by atoms with Crippen LogP contribution in [0.4, 0.5) is 0 Å². The summed E-state index contributed by atoms with van der Waals surface area (Å²) in [6, 6.07) is 0. The summed E-state index contributed by atoms with van der Waals surface area (Å²) in [6.45, 7) is 23.3. The summed E-state index contributed by atoms with van der Waals surface area (Å²) in [6.07, 6.45) is 3.23. The van der Waals surface area contributed by atoms with Crippen LogP contribution in [0.1, 0.15) is 48.5 Å². The molecular formula is C20H40O3Si. The minimum Gasteiger partial charge on any atom is -0.410 e. The van der Waals surface area contributed by atoms with Gasteiger partial charge in [-0.1, -0.05) is 53.7 Å². The van der Waals surface area contributed by atoms with Crippen molar-refractivity contribution in [1.82, 2.24) is 0 Å². The molecule has 1 N–H and O–H groups in total. The van der Waals surface area contributed by atoms with E-state index >= 15 is 0 Å². The SMILES string of the molecule is C=C[C@H](OC)[C@@H](O[Si](C)(C)C(C)(C)C)[C@H](C)C=C(C)[C@H](O)C(C)C. The van der Waals surface area contributed by atoms with Crippen LogP contribution in [0.5, 0.6) is 0 Å². The highest BCUT2D eigenvalue weighted by Crippen LogP contribution is 2.39. The van der Waals surface area contributed by atoms with Gasteiger partial charge in [0, 0.05) is 13.0 Å². The first-order valence-electron chi connectivity index (χ1n) is 8.98. The fourth-order valence-electron chi connectivity index (χ4n) is 2.49. The molecule has 0 aromatic heterocycles. The lowest BCUT2D eigenvalue weighted by atomic mass is 9.93. The van der Waals surface area contributed by atoms with Crippen molar-refractivity contribution in [3.8, 4) is 0 Å². The molecule has 0 aliphatic rings. The highest BCUT2D eigenvalue weighted by Gasteiger charge is 2.41. The molecule has 142 valence electrons. The van der Waals surface area contributed by atoms with E-state index in [1.165, 1.54) is 0 Å². The monoisotopic (exact) mass is 356 g/mol. The van der Waals surface area contributed by atoms with E-state index in [2.05, 4.69) is 53.4 Å². The highest BCUT2D eigenvalue weighted by atomic mass is 28.4. The van der Waals surface area contributed by atoms with Gasteiger partial charge >= 0.3 is 0 Å². The Balaban J connectivity index is 5.58. The molecule has 0 unspecified atom stereocenters. The summed E-state index contributed by atoms with van der Waals surface area (Å²) in [5, 5.41) is 10.4. The van der Waals surface area contributed by atoms with Gasteiger partial charge < -0.3 is 14.3 Å². The summed E-state index contributed by atoms with van der Waals surface area (Å²) in [4.78, 5) is 0. The lowest BCUT2D eigenvalue weighted by Crippen LogP contribution is -2.49. The quantitative estimate of drug-likeness (QED) is 0.457. The fourth-order valence-corrected chi connectivity index (χ4v) is 3.87. The molecule has 3 nitrogen and oxygen atoms in total. The summed E-state index contributed by atoms with van der Waals surface area (Å²) in [7, 11) is -0.251. The summed E-state index contributed by atoms with van der Waals surface area (Å²) < 4.78 is 12.3. The number of aliphatic hydroxyl groups excluding tert-OH is 1. The molecule has 0 aliphatic carbocycles. The lowest BCUT2D eigenvalue weighted by molar-refractivity contribution is 0.00566. The van der Waals surface area contributed by atoms with E-state index in [4.69, 9.17) is 9.16 Å². The van der Waals surface area contributed by atoms with Gasteiger partial charge in [-0.15, -0.1) is 6.58 Å². The van der Waals surface area contributed by atoms with Crippen LogP contribution in [-0.2, 0) is 9.16 Å². The Hall–Kier alpha value is -0.423. The first-order chi connectivity index (χ1) is 10.8. The number of hydrogen-bond donors (Lipinski definition) is 1. The summed E-state index contributed by atoms with van der Waals surface area (Å²) >= 11 is 0. The second kappa shape index (κ2) is 9.32. The third-order valence-electron chi connectivity index (χ3n) is 5.21. The molecule has 4 atom stereocenters. The minimum absolute atomic E-state index is 0.109. The predicted molar refractivity (Wildman–Crippen MR) is 107 cm³/mol. The first kappa shape index (κ1) is 23.6. The molecule has 0 bridgehead atoms. The van der Waals surface area contributed by atoms with Gasteiger partial charge in [0.1, 0.15) is 6.10 Å². The van der Waals surface area contributed by atoms with E-state index in [9.17, 15) is 5.11 Å². The average Bonchev–Trinajstić information content (AvgIpc) is 2.44. The largest absolute Gasteiger partial charge is 0.410 e. The van der Waals surface area contributed by atoms with Crippen molar-refractivity contribution >= 4 is 8.32 Å². The van der Waals surface area contributed by atoms with Crippen molar-refractivity contribution in [3.05, 3.63) is 24.3 Å². The molecule has 4 heteroatoms. The van der Waals surface area contributed by atoms with Gasteiger partial charge in [-0.25, -0.2) is 0 Å². The van der Waals surface area contributed by atoms with Crippen molar-refractivity contribution in [2.45, 2.75) is 84.9 Å². The summed E-state index contributed by atoms with van der Waals surface area (Å²) in [5.41, 5.74) is 0.986. The molecule has 0 heterocycles.